The Bertz CT molecular complexity index is 409. The zero-order valence-electron chi connectivity index (χ0n) is 12.3. The lowest BCUT2D eigenvalue weighted by atomic mass is 10.1. The van der Waals surface area contributed by atoms with Gasteiger partial charge in [-0.15, -0.1) is 0 Å². The molecule has 0 aromatic heterocycles. The number of esters is 1. The van der Waals surface area contributed by atoms with Crippen LogP contribution in [0, 0.1) is 0 Å². The van der Waals surface area contributed by atoms with E-state index in [-0.39, 0.29) is 5.97 Å². The normalized spacial score (nSPS) is 12.2. The molecule has 0 spiro atoms. The Hall–Kier alpha value is -0.870. The second-order valence-electron chi connectivity index (χ2n) is 4.81. The topological polar surface area (TPSA) is 38.3 Å². The van der Waals surface area contributed by atoms with Crippen LogP contribution >= 0.6 is 15.9 Å². The first kappa shape index (κ1) is 17.2. The van der Waals surface area contributed by atoms with Crippen LogP contribution in [0.4, 0.5) is 0 Å². The maximum atomic E-state index is 11.2. The SMILES string of the molecule is CCOC(=O)CCCCCN[C@H](C)c1ccccc1Br. The van der Waals surface area contributed by atoms with Crippen LogP contribution in [0.3, 0.4) is 0 Å². The quantitative estimate of drug-likeness (QED) is 0.539. The molecular formula is C16H24BrNO2. The van der Waals surface area contributed by atoms with Crippen LogP contribution in [-0.2, 0) is 9.53 Å². The van der Waals surface area contributed by atoms with E-state index in [1.807, 2.05) is 13.0 Å². The molecule has 0 saturated heterocycles. The lowest BCUT2D eigenvalue weighted by molar-refractivity contribution is -0.143. The number of nitrogens with one attached hydrogen (secondary N) is 1. The van der Waals surface area contributed by atoms with Gasteiger partial charge in [-0.25, -0.2) is 0 Å². The smallest absolute Gasteiger partial charge is 0.305 e. The molecule has 1 N–H and O–H groups in total. The van der Waals surface area contributed by atoms with Gasteiger partial charge in [0.05, 0.1) is 6.61 Å². The number of rotatable bonds is 9. The summed E-state index contributed by atoms with van der Waals surface area (Å²) < 4.78 is 6.04. The van der Waals surface area contributed by atoms with Crippen molar-refractivity contribution in [1.29, 1.82) is 0 Å². The molecule has 4 heteroatoms. The number of hydrogen-bond acceptors (Lipinski definition) is 3. The minimum absolute atomic E-state index is 0.0814. The largest absolute Gasteiger partial charge is 0.466 e. The molecule has 0 unspecified atom stereocenters. The van der Waals surface area contributed by atoms with Gasteiger partial charge in [0.1, 0.15) is 0 Å². The van der Waals surface area contributed by atoms with Crippen molar-refractivity contribution in [1.82, 2.24) is 5.32 Å². The van der Waals surface area contributed by atoms with Crippen molar-refractivity contribution >= 4 is 21.9 Å². The second-order valence-corrected chi connectivity index (χ2v) is 5.67. The van der Waals surface area contributed by atoms with Gasteiger partial charge < -0.3 is 10.1 Å². The molecule has 0 radical (unpaired) electrons. The molecule has 1 rings (SSSR count). The highest BCUT2D eigenvalue weighted by Crippen LogP contribution is 2.22. The van der Waals surface area contributed by atoms with E-state index in [9.17, 15) is 4.79 Å². The number of unbranched alkanes of at least 4 members (excludes halogenated alkanes) is 2. The molecule has 0 heterocycles. The van der Waals surface area contributed by atoms with E-state index in [4.69, 9.17) is 4.74 Å². The van der Waals surface area contributed by atoms with Crippen molar-refractivity contribution < 1.29 is 9.53 Å². The molecule has 20 heavy (non-hydrogen) atoms. The number of halogens is 1. The summed E-state index contributed by atoms with van der Waals surface area (Å²) in [4.78, 5) is 11.2. The lowest BCUT2D eigenvalue weighted by Crippen LogP contribution is -2.20. The van der Waals surface area contributed by atoms with E-state index in [2.05, 4.69) is 46.4 Å². The molecule has 3 nitrogen and oxygen atoms in total. The van der Waals surface area contributed by atoms with E-state index in [1.165, 1.54) is 5.56 Å². The molecule has 0 aliphatic carbocycles. The van der Waals surface area contributed by atoms with Crippen LogP contribution in [0.15, 0.2) is 28.7 Å². The summed E-state index contributed by atoms with van der Waals surface area (Å²) in [6.07, 6.45) is 3.57. The standard InChI is InChI=1S/C16H24BrNO2/c1-3-20-16(19)11-5-4-8-12-18-13(2)14-9-6-7-10-15(14)17/h6-7,9-10,13,18H,3-5,8,11-12H2,1-2H3/t13-/m1/s1. The predicted molar refractivity (Wildman–Crippen MR) is 85.7 cm³/mol. The van der Waals surface area contributed by atoms with E-state index >= 15 is 0 Å². The molecular weight excluding hydrogens is 318 g/mol. The molecule has 0 aliphatic rings. The molecule has 0 saturated carbocycles. The Morgan fingerprint density at radius 1 is 1.30 bits per heavy atom. The van der Waals surface area contributed by atoms with Gasteiger partial charge in [0.25, 0.3) is 0 Å². The van der Waals surface area contributed by atoms with Gasteiger partial charge in [-0.05, 0) is 44.9 Å². The molecule has 0 fully saturated rings. The maximum Gasteiger partial charge on any atom is 0.305 e. The Morgan fingerprint density at radius 3 is 2.75 bits per heavy atom. The van der Waals surface area contributed by atoms with Gasteiger partial charge in [0.15, 0.2) is 0 Å². The maximum absolute atomic E-state index is 11.2. The minimum Gasteiger partial charge on any atom is -0.466 e. The summed E-state index contributed by atoms with van der Waals surface area (Å²) in [5.74, 6) is -0.0814. The van der Waals surface area contributed by atoms with E-state index in [0.29, 0.717) is 19.1 Å². The monoisotopic (exact) mass is 341 g/mol. The fraction of sp³-hybridized carbons (Fsp3) is 0.562. The number of benzene rings is 1. The Balaban J connectivity index is 2.12. The number of carbonyl (C=O) groups excluding carboxylic acids is 1. The first-order valence-corrected chi connectivity index (χ1v) is 8.08. The van der Waals surface area contributed by atoms with Crippen molar-refractivity contribution in [3.8, 4) is 0 Å². The highest BCUT2D eigenvalue weighted by molar-refractivity contribution is 9.10. The molecule has 1 aromatic carbocycles. The number of ether oxygens (including phenoxy) is 1. The highest BCUT2D eigenvalue weighted by Gasteiger charge is 2.07. The van der Waals surface area contributed by atoms with Gasteiger partial charge in [0.2, 0.25) is 0 Å². The number of carbonyl (C=O) groups is 1. The molecule has 112 valence electrons. The van der Waals surface area contributed by atoms with Crippen molar-refractivity contribution in [3.63, 3.8) is 0 Å². The zero-order valence-corrected chi connectivity index (χ0v) is 13.9. The number of hydrogen-bond donors (Lipinski definition) is 1. The van der Waals surface area contributed by atoms with Gasteiger partial charge >= 0.3 is 5.97 Å². The highest BCUT2D eigenvalue weighted by atomic mass is 79.9. The third kappa shape index (κ3) is 6.53. The molecule has 1 aromatic rings. The lowest BCUT2D eigenvalue weighted by Gasteiger charge is -2.15. The average Bonchev–Trinajstić information content (AvgIpc) is 2.43. The molecule has 0 bridgehead atoms. The fourth-order valence-corrected chi connectivity index (χ4v) is 2.69. The van der Waals surface area contributed by atoms with Crippen LogP contribution in [0.5, 0.6) is 0 Å². The Morgan fingerprint density at radius 2 is 2.05 bits per heavy atom. The van der Waals surface area contributed by atoms with Crippen LogP contribution in [0.1, 0.15) is 51.1 Å². The van der Waals surface area contributed by atoms with E-state index < -0.39 is 0 Å². The Kier molecular flexibility index (Phi) is 8.54. The van der Waals surface area contributed by atoms with Crippen molar-refractivity contribution in [2.75, 3.05) is 13.2 Å². The summed E-state index contributed by atoms with van der Waals surface area (Å²) in [5.41, 5.74) is 1.28. The third-order valence-electron chi connectivity index (χ3n) is 3.19. The van der Waals surface area contributed by atoms with E-state index in [1.54, 1.807) is 0 Å². The molecule has 0 aliphatic heterocycles. The summed E-state index contributed by atoms with van der Waals surface area (Å²) in [6, 6.07) is 8.60. The molecule has 0 amide bonds. The van der Waals surface area contributed by atoms with Gasteiger partial charge in [-0.2, -0.15) is 0 Å². The van der Waals surface area contributed by atoms with Crippen LogP contribution in [0.2, 0.25) is 0 Å². The fourth-order valence-electron chi connectivity index (χ4n) is 2.06. The van der Waals surface area contributed by atoms with Crippen LogP contribution in [-0.4, -0.2) is 19.1 Å². The van der Waals surface area contributed by atoms with Crippen LogP contribution < -0.4 is 5.32 Å². The van der Waals surface area contributed by atoms with Crippen molar-refractivity contribution in [2.45, 2.75) is 45.6 Å². The predicted octanol–water partition coefficient (Wildman–Crippen LogP) is 4.22. The molecule has 1 atom stereocenters. The first-order chi connectivity index (χ1) is 9.65. The first-order valence-electron chi connectivity index (χ1n) is 7.28. The zero-order chi connectivity index (χ0) is 14.8. The Labute approximate surface area is 130 Å². The minimum atomic E-state index is -0.0814. The summed E-state index contributed by atoms with van der Waals surface area (Å²) in [6.45, 7) is 5.44. The van der Waals surface area contributed by atoms with Gasteiger partial charge in [-0.3, -0.25) is 4.79 Å². The second kappa shape index (κ2) is 9.94. The van der Waals surface area contributed by atoms with Gasteiger partial charge in [-0.1, -0.05) is 40.5 Å². The average molecular weight is 342 g/mol. The van der Waals surface area contributed by atoms with Crippen molar-refractivity contribution in [3.05, 3.63) is 34.3 Å². The summed E-state index contributed by atoms with van der Waals surface area (Å²) in [5, 5.41) is 3.51. The third-order valence-corrected chi connectivity index (χ3v) is 3.91. The summed E-state index contributed by atoms with van der Waals surface area (Å²) in [7, 11) is 0. The van der Waals surface area contributed by atoms with Crippen LogP contribution in [0.25, 0.3) is 0 Å². The van der Waals surface area contributed by atoms with Crippen molar-refractivity contribution in [2.24, 2.45) is 0 Å². The van der Waals surface area contributed by atoms with Gasteiger partial charge in [0, 0.05) is 16.9 Å². The van der Waals surface area contributed by atoms with E-state index in [0.717, 1.165) is 30.3 Å². The summed E-state index contributed by atoms with van der Waals surface area (Å²) >= 11 is 3.57.